The van der Waals surface area contributed by atoms with Gasteiger partial charge >= 0.3 is 6.03 Å². The first-order valence-corrected chi connectivity index (χ1v) is 15.5. The number of benzene rings is 1. The maximum atomic E-state index is 13.4. The van der Waals surface area contributed by atoms with E-state index >= 15 is 0 Å². The number of carbonyl (C=O) groups excluding carboxylic acids is 2. The number of ketones is 1. The van der Waals surface area contributed by atoms with Crippen LogP contribution in [-0.4, -0.2) is 84.6 Å². The number of Topliss-reactive ketones (excluding diaryl/α,β-unsaturated/α-hetero) is 1. The van der Waals surface area contributed by atoms with Crippen LogP contribution in [0.15, 0.2) is 24.3 Å². The van der Waals surface area contributed by atoms with Gasteiger partial charge in [-0.05, 0) is 75.6 Å². The fraction of sp³-hybridized carbons (Fsp3) is 0.633. The first-order chi connectivity index (χ1) is 19.3. The van der Waals surface area contributed by atoms with E-state index < -0.39 is 0 Å². The normalized spacial score (nSPS) is 25.0. The number of aromatic nitrogens is 1. The average Bonchev–Trinajstić information content (AvgIpc) is 3.31. The standard InChI is InChI=1S/C30H42FN5O3S/c1-20-28(21(2)37)40-30(32-20)34-29(38)33-27-9-13-36(26-10-14-39-15-11-26)19-24(27)18-35-12-3-4-23(17-35)16-22-5-7-25(31)8-6-22/h5-8,23-24,26-27H,3-4,9-19H2,1-2H3,(H2,32,33,34,38)/t23?,24-,27-/m1/s1. The number of halogens is 1. The molecule has 2 N–H and O–H groups in total. The van der Waals surface area contributed by atoms with Crippen LogP contribution in [0.5, 0.6) is 0 Å². The van der Waals surface area contributed by atoms with Crippen molar-refractivity contribution in [3.63, 3.8) is 0 Å². The summed E-state index contributed by atoms with van der Waals surface area (Å²) in [6, 6.07) is 7.26. The lowest BCUT2D eigenvalue weighted by Gasteiger charge is -2.45. The average molecular weight is 572 g/mol. The van der Waals surface area contributed by atoms with Crippen molar-refractivity contribution in [2.75, 3.05) is 51.3 Å². The molecule has 1 unspecified atom stereocenters. The van der Waals surface area contributed by atoms with Crippen LogP contribution in [0.1, 0.15) is 60.0 Å². The van der Waals surface area contributed by atoms with Gasteiger partial charge in [0.25, 0.3) is 0 Å². The van der Waals surface area contributed by atoms with Crippen molar-refractivity contribution in [2.24, 2.45) is 11.8 Å². The molecule has 0 aliphatic carbocycles. The minimum Gasteiger partial charge on any atom is -0.381 e. The highest BCUT2D eigenvalue weighted by Crippen LogP contribution is 2.28. The fourth-order valence-electron chi connectivity index (χ4n) is 6.66. The molecule has 2 aromatic rings. The zero-order valence-electron chi connectivity index (χ0n) is 23.7. The van der Waals surface area contributed by atoms with Gasteiger partial charge in [0.15, 0.2) is 10.9 Å². The van der Waals surface area contributed by atoms with E-state index in [0.717, 1.165) is 78.0 Å². The zero-order chi connectivity index (χ0) is 28.1. The molecule has 0 radical (unpaired) electrons. The molecule has 3 atom stereocenters. The molecule has 10 heteroatoms. The Morgan fingerprint density at radius 1 is 1.10 bits per heavy atom. The molecule has 2 amide bonds. The van der Waals surface area contributed by atoms with Gasteiger partial charge in [0.2, 0.25) is 0 Å². The number of ether oxygens (including phenoxy) is 1. The number of rotatable bonds is 8. The quantitative estimate of drug-likeness (QED) is 0.446. The number of urea groups is 1. The molecular weight excluding hydrogens is 529 g/mol. The summed E-state index contributed by atoms with van der Waals surface area (Å²) in [5.41, 5.74) is 1.84. The topological polar surface area (TPSA) is 86.8 Å². The number of hydrogen-bond donors (Lipinski definition) is 2. The van der Waals surface area contributed by atoms with Crippen LogP contribution in [0.2, 0.25) is 0 Å². The number of amides is 2. The number of anilines is 1. The van der Waals surface area contributed by atoms with Gasteiger partial charge in [-0.1, -0.05) is 23.5 Å². The Bertz CT molecular complexity index is 1150. The van der Waals surface area contributed by atoms with Gasteiger partial charge < -0.3 is 15.0 Å². The number of nitrogens with zero attached hydrogens (tertiary/aromatic N) is 3. The number of nitrogens with one attached hydrogen (secondary N) is 2. The summed E-state index contributed by atoms with van der Waals surface area (Å²) in [7, 11) is 0. The van der Waals surface area contributed by atoms with E-state index in [-0.39, 0.29) is 23.7 Å². The highest BCUT2D eigenvalue weighted by atomic mass is 32.1. The molecule has 8 nitrogen and oxygen atoms in total. The predicted molar refractivity (Wildman–Crippen MR) is 156 cm³/mol. The van der Waals surface area contributed by atoms with Gasteiger partial charge in [0.1, 0.15) is 5.82 Å². The third kappa shape index (κ3) is 7.66. The van der Waals surface area contributed by atoms with Gasteiger partial charge in [-0.15, -0.1) is 0 Å². The third-order valence-electron chi connectivity index (χ3n) is 8.66. The highest BCUT2D eigenvalue weighted by molar-refractivity contribution is 7.17. The molecule has 3 fully saturated rings. The van der Waals surface area contributed by atoms with Crippen LogP contribution in [0, 0.1) is 24.6 Å². The van der Waals surface area contributed by atoms with Crippen LogP contribution in [0.3, 0.4) is 0 Å². The van der Waals surface area contributed by atoms with E-state index in [1.54, 1.807) is 19.1 Å². The minimum absolute atomic E-state index is 0.0386. The summed E-state index contributed by atoms with van der Waals surface area (Å²) in [5, 5.41) is 6.59. The smallest absolute Gasteiger partial charge is 0.321 e. The van der Waals surface area contributed by atoms with Crippen LogP contribution < -0.4 is 10.6 Å². The number of hydrogen-bond acceptors (Lipinski definition) is 7. The number of thiazole rings is 1. The van der Waals surface area contributed by atoms with E-state index in [0.29, 0.717) is 33.6 Å². The van der Waals surface area contributed by atoms with E-state index in [4.69, 9.17) is 4.74 Å². The largest absolute Gasteiger partial charge is 0.381 e. The molecule has 4 heterocycles. The lowest BCUT2D eigenvalue weighted by Crippen LogP contribution is -2.57. The maximum Gasteiger partial charge on any atom is 0.321 e. The van der Waals surface area contributed by atoms with E-state index in [2.05, 4.69) is 25.4 Å². The van der Waals surface area contributed by atoms with Gasteiger partial charge in [-0.3, -0.25) is 15.0 Å². The molecule has 0 saturated carbocycles. The molecular formula is C30H42FN5O3S. The monoisotopic (exact) mass is 571 g/mol. The second kappa shape index (κ2) is 13.5. The first kappa shape index (κ1) is 29.1. The summed E-state index contributed by atoms with van der Waals surface area (Å²) < 4.78 is 19.0. The lowest BCUT2D eigenvalue weighted by molar-refractivity contribution is 0.00494. The molecule has 40 heavy (non-hydrogen) atoms. The molecule has 0 bridgehead atoms. The molecule has 1 aromatic heterocycles. The van der Waals surface area contributed by atoms with Crippen molar-refractivity contribution in [1.82, 2.24) is 20.1 Å². The fourth-order valence-corrected chi connectivity index (χ4v) is 7.52. The Hall–Kier alpha value is -2.40. The van der Waals surface area contributed by atoms with Crippen molar-refractivity contribution < 1.29 is 18.7 Å². The first-order valence-electron chi connectivity index (χ1n) is 14.7. The number of piperidine rings is 2. The number of aryl methyl sites for hydroxylation is 1. The third-order valence-corrected chi connectivity index (χ3v) is 9.83. The Labute approximate surface area is 240 Å². The summed E-state index contributed by atoms with van der Waals surface area (Å²) in [6.45, 7) is 9.91. The lowest BCUT2D eigenvalue weighted by atomic mass is 9.87. The highest BCUT2D eigenvalue weighted by Gasteiger charge is 2.36. The molecule has 218 valence electrons. The van der Waals surface area contributed by atoms with Crippen LogP contribution in [0.25, 0.3) is 0 Å². The van der Waals surface area contributed by atoms with Gasteiger partial charge in [-0.25, -0.2) is 14.2 Å². The Balaban J connectivity index is 1.22. The van der Waals surface area contributed by atoms with Crippen LogP contribution >= 0.6 is 11.3 Å². The maximum absolute atomic E-state index is 13.4. The van der Waals surface area contributed by atoms with Crippen molar-refractivity contribution in [1.29, 1.82) is 0 Å². The summed E-state index contributed by atoms with van der Waals surface area (Å²) >= 11 is 1.23. The number of carbonyl (C=O) groups is 2. The van der Waals surface area contributed by atoms with Crippen molar-refractivity contribution in [2.45, 2.75) is 64.5 Å². The van der Waals surface area contributed by atoms with Gasteiger partial charge in [0, 0.05) is 64.3 Å². The second-order valence-corrected chi connectivity index (χ2v) is 12.7. The summed E-state index contributed by atoms with van der Waals surface area (Å²) in [4.78, 5) is 35.0. The van der Waals surface area contributed by atoms with Crippen molar-refractivity contribution in [3.8, 4) is 0 Å². The minimum atomic E-state index is -0.258. The molecule has 3 aliphatic rings. The van der Waals surface area contributed by atoms with Crippen LogP contribution in [0.4, 0.5) is 14.3 Å². The van der Waals surface area contributed by atoms with Crippen LogP contribution in [-0.2, 0) is 11.2 Å². The molecule has 0 spiro atoms. The summed E-state index contributed by atoms with van der Waals surface area (Å²) in [6.07, 6.45) is 6.34. The van der Waals surface area contributed by atoms with E-state index in [9.17, 15) is 14.0 Å². The van der Waals surface area contributed by atoms with Gasteiger partial charge in [-0.2, -0.15) is 0 Å². The van der Waals surface area contributed by atoms with Gasteiger partial charge in [0.05, 0.1) is 10.6 Å². The second-order valence-electron chi connectivity index (χ2n) is 11.7. The summed E-state index contributed by atoms with van der Waals surface area (Å²) in [5.74, 6) is 0.626. The molecule has 3 aliphatic heterocycles. The Morgan fingerprint density at radius 2 is 1.88 bits per heavy atom. The molecule has 3 saturated heterocycles. The number of likely N-dealkylation sites (tertiary alicyclic amines) is 2. The predicted octanol–water partition coefficient (Wildman–Crippen LogP) is 4.74. The Morgan fingerprint density at radius 3 is 2.60 bits per heavy atom. The Kier molecular flexibility index (Phi) is 9.83. The molecule has 1 aromatic carbocycles. The SMILES string of the molecule is CC(=O)c1sc(NC(=O)N[C@@H]2CCN(C3CCOCC3)C[C@H]2CN2CCCC(Cc3ccc(F)cc3)C2)nc1C. The van der Waals surface area contributed by atoms with E-state index in [1.165, 1.54) is 30.2 Å². The van der Waals surface area contributed by atoms with Crippen molar-refractivity contribution >= 4 is 28.3 Å². The van der Waals surface area contributed by atoms with Crippen molar-refractivity contribution in [3.05, 3.63) is 46.2 Å². The zero-order valence-corrected chi connectivity index (χ0v) is 24.5. The molecule has 5 rings (SSSR count). The van der Waals surface area contributed by atoms with E-state index in [1.807, 2.05) is 12.1 Å².